The van der Waals surface area contributed by atoms with Crippen molar-refractivity contribution >= 4 is 27.3 Å². The highest BCUT2D eigenvalue weighted by Gasteiger charge is 2.18. The number of sulfonamides is 1. The number of carboxylic acids is 1. The van der Waals surface area contributed by atoms with Gasteiger partial charge in [0, 0.05) is 13.2 Å². The largest absolute Gasteiger partial charge is 0.477 e. The van der Waals surface area contributed by atoms with Gasteiger partial charge < -0.3 is 9.84 Å². The third-order valence-electron chi connectivity index (χ3n) is 2.24. The van der Waals surface area contributed by atoms with Crippen LogP contribution in [0.2, 0.25) is 0 Å². The van der Waals surface area contributed by atoms with E-state index in [0.717, 1.165) is 24.2 Å². The highest BCUT2D eigenvalue weighted by atomic mass is 32.2. The van der Waals surface area contributed by atoms with E-state index in [0.29, 0.717) is 13.2 Å². The molecule has 0 aliphatic carbocycles. The highest BCUT2D eigenvalue weighted by molar-refractivity contribution is 7.91. The zero-order valence-corrected chi connectivity index (χ0v) is 12.2. The van der Waals surface area contributed by atoms with Crippen LogP contribution in [0.1, 0.15) is 29.4 Å². The molecule has 0 aliphatic heterocycles. The molecule has 1 aromatic heterocycles. The fourth-order valence-electron chi connectivity index (χ4n) is 1.25. The predicted octanol–water partition coefficient (Wildman–Crippen LogP) is 1.54. The second kappa shape index (κ2) is 7.59. The summed E-state index contributed by atoms with van der Waals surface area (Å²) in [7, 11) is -3.64. The molecular weight excluding hydrogens is 290 g/mol. The van der Waals surface area contributed by atoms with Gasteiger partial charge in [-0.25, -0.2) is 17.9 Å². The fourth-order valence-corrected chi connectivity index (χ4v) is 3.45. The third kappa shape index (κ3) is 5.27. The fraction of sp³-hybridized carbons (Fsp3) is 0.545. The van der Waals surface area contributed by atoms with E-state index in [1.165, 1.54) is 12.1 Å². The van der Waals surface area contributed by atoms with Gasteiger partial charge in [-0.3, -0.25) is 0 Å². The molecule has 0 atom stereocenters. The zero-order chi connectivity index (χ0) is 14.3. The quantitative estimate of drug-likeness (QED) is 0.675. The Hall–Kier alpha value is -0.960. The van der Waals surface area contributed by atoms with Crippen molar-refractivity contribution in [3.05, 3.63) is 17.0 Å². The molecule has 1 heterocycles. The van der Waals surface area contributed by atoms with E-state index in [1.807, 2.05) is 6.92 Å². The summed E-state index contributed by atoms with van der Waals surface area (Å²) in [5, 5.41) is 8.74. The molecule has 19 heavy (non-hydrogen) atoms. The molecule has 6 nitrogen and oxygen atoms in total. The Labute approximate surface area is 116 Å². The number of carbonyl (C=O) groups is 1. The molecule has 1 rings (SSSR count). The monoisotopic (exact) mass is 307 g/mol. The summed E-state index contributed by atoms with van der Waals surface area (Å²) in [6, 6.07) is 2.56. The van der Waals surface area contributed by atoms with E-state index in [9.17, 15) is 13.2 Å². The van der Waals surface area contributed by atoms with Crippen LogP contribution in [0.3, 0.4) is 0 Å². The number of unbranched alkanes of at least 4 members (excludes halogenated alkanes) is 1. The molecule has 0 aromatic carbocycles. The molecule has 0 radical (unpaired) electrons. The maximum absolute atomic E-state index is 11.8. The lowest BCUT2D eigenvalue weighted by Crippen LogP contribution is -2.27. The SMILES string of the molecule is CCCCOCCNS(=O)(=O)c1ccc(C(=O)O)s1. The van der Waals surface area contributed by atoms with E-state index in [2.05, 4.69) is 4.72 Å². The van der Waals surface area contributed by atoms with E-state index >= 15 is 0 Å². The van der Waals surface area contributed by atoms with Crippen molar-refractivity contribution in [1.82, 2.24) is 4.72 Å². The number of nitrogens with one attached hydrogen (secondary N) is 1. The van der Waals surface area contributed by atoms with Crippen LogP contribution in [-0.2, 0) is 14.8 Å². The Morgan fingerprint density at radius 3 is 2.74 bits per heavy atom. The van der Waals surface area contributed by atoms with Crippen molar-refractivity contribution in [3.63, 3.8) is 0 Å². The van der Waals surface area contributed by atoms with Gasteiger partial charge in [0.1, 0.15) is 9.09 Å². The van der Waals surface area contributed by atoms with E-state index < -0.39 is 16.0 Å². The molecule has 0 fully saturated rings. The topological polar surface area (TPSA) is 92.7 Å². The van der Waals surface area contributed by atoms with Crippen LogP contribution < -0.4 is 4.72 Å². The van der Waals surface area contributed by atoms with Gasteiger partial charge in [0.15, 0.2) is 0 Å². The Morgan fingerprint density at radius 1 is 1.42 bits per heavy atom. The average Bonchev–Trinajstić information content (AvgIpc) is 2.84. The van der Waals surface area contributed by atoms with Crippen LogP contribution >= 0.6 is 11.3 Å². The van der Waals surface area contributed by atoms with Crippen LogP contribution in [-0.4, -0.2) is 39.3 Å². The van der Waals surface area contributed by atoms with Gasteiger partial charge in [-0.1, -0.05) is 13.3 Å². The number of thiophene rings is 1. The van der Waals surface area contributed by atoms with Crippen LogP contribution in [0.4, 0.5) is 0 Å². The average molecular weight is 307 g/mol. The van der Waals surface area contributed by atoms with E-state index in [1.54, 1.807) is 0 Å². The minimum atomic E-state index is -3.64. The van der Waals surface area contributed by atoms with E-state index in [4.69, 9.17) is 9.84 Å². The number of ether oxygens (including phenoxy) is 1. The molecule has 2 N–H and O–H groups in total. The van der Waals surface area contributed by atoms with Gasteiger partial charge in [-0.15, -0.1) is 11.3 Å². The summed E-state index contributed by atoms with van der Waals surface area (Å²) >= 11 is 0.729. The first-order chi connectivity index (χ1) is 8.97. The van der Waals surface area contributed by atoms with Gasteiger partial charge in [0.2, 0.25) is 10.0 Å². The molecule has 0 saturated carbocycles. The second-order valence-corrected chi connectivity index (χ2v) is 6.87. The summed E-state index contributed by atoms with van der Waals surface area (Å²) in [4.78, 5) is 10.7. The maximum Gasteiger partial charge on any atom is 0.345 e. The zero-order valence-electron chi connectivity index (χ0n) is 10.6. The van der Waals surface area contributed by atoms with Crippen molar-refractivity contribution in [3.8, 4) is 0 Å². The summed E-state index contributed by atoms with van der Waals surface area (Å²) < 4.78 is 31.2. The number of hydrogen-bond donors (Lipinski definition) is 2. The van der Waals surface area contributed by atoms with E-state index in [-0.39, 0.29) is 15.6 Å². The summed E-state index contributed by atoms with van der Waals surface area (Å²) in [5.74, 6) is -1.13. The first-order valence-electron chi connectivity index (χ1n) is 5.88. The molecule has 8 heteroatoms. The molecule has 0 amide bonds. The smallest absolute Gasteiger partial charge is 0.345 e. The molecule has 1 aromatic rings. The van der Waals surface area contributed by atoms with Gasteiger partial charge in [0.25, 0.3) is 0 Å². The van der Waals surface area contributed by atoms with Gasteiger partial charge in [0.05, 0.1) is 6.61 Å². The Morgan fingerprint density at radius 2 is 2.16 bits per heavy atom. The van der Waals surface area contributed by atoms with Gasteiger partial charge in [-0.05, 0) is 18.6 Å². The van der Waals surface area contributed by atoms with Crippen LogP contribution in [0.5, 0.6) is 0 Å². The van der Waals surface area contributed by atoms with Crippen molar-refractivity contribution in [2.24, 2.45) is 0 Å². The van der Waals surface area contributed by atoms with Crippen molar-refractivity contribution in [2.75, 3.05) is 19.8 Å². The molecule has 0 unspecified atom stereocenters. The van der Waals surface area contributed by atoms with Crippen LogP contribution in [0.25, 0.3) is 0 Å². The number of rotatable bonds is 9. The maximum atomic E-state index is 11.8. The molecule has 0 aliphatic rings. The minimum Gasteiger partial charge on any atom is -0.477 e. The molecule has 0 bridgehead atoms. The van der Waals surface area contributed by atoms with Crippen molar-refractivity contribution in [2.45, 2.75) is 24.0 Å². The normalized spacial score (nSPS) is 11.6. The summed E-state index contributed by atoms with van der Waals surface area (Å²) in [5.41, 5.74) is 0. The van der Waals surface area contributed by atoms with Crippen LogP contribution in [0.15, 0.2) is 16.3 Å². The number of aromatic carboxylic acids is 1. The second-order valence-electron chi connectivity index (χ2n) is 3.79. The predicted molar refractivity (Wildman–Crippen MR) is 72.2 cm³/mol. The summed E-state index contributed by atoms with van der Waals surface area (Å²) in [6.45, 7) is 3.13. The first kappa shape index (κ1) is 16.1. The van der Waals surface area contributed by atoms with Crippen molar-refractivity contribution in [1.29, 1.82) is 0 Å². The number of hydrogen-bond acceptors (Lipinski definition) is 5. The molecule has 108 valence electrons. The molecule has 0 spiro atoms. The Kier molecular flexibility index (Phi) is 6.43. The lowest BCUT2D eigenvalue weighted by atomic mass is 10.4. The highest BCUT2D eigenvalue weighted by Crippen LogP contribution is 2.21. The Bertz CT molecular complexity index is 509. The molecular formula is C11H17NO5S2. The first-order valence-corrected chi connectivity index (χ1v) is 8.18. The van der Waals surface area contributed by atoms with Gasteiger partial charge >= 0.3 is 5.97 Å². The number of carboxylic acid groups (broad SMARTS) is 1. The lowest BCUT2D eigenvalue weighted by Gasteiger charge is -2.05. The van der Waals surface area contributed by atoms with Crippen LogP contribution in [0, 0.1) is 0 Å². The van der Waals surface area contributed by atoms with Gasteiger partial charge in [-0.2, -0.15) is 0 Å². The van der Waals surface area contributed by atoms with Crippen molar-refractivity contribution < 1.29 is 23.1 Å². The summed E-state index contributed by atoms with van der Waals surface area (Å²) in [6.07, 6.45) is 1.97. The standard InChI is InChI=1S/C11H17NO5S2/c1-2-3-7-17-8-6-12-19(15,16)10-5-4-9(18-10)11(13)14/h4-5,12H,2-3,6-8H2,1H3,(H,13,14). The lowest BCUT2D eigenvalue weighted by molar-refractivity contribution is 0.0702. The third-order valence-corrected chi connectivity index (χ3v) is 5.26. The molecule has 0 saturated heterocycles. The minimum absolute atomic E-state index is 0.000397. The Balaban J connectivity index is 2.44.